The normalized spacial score (nSPS) is 10.3. The third kappa shape index (κ3) is 2.38. The first-order chi connectivity index (χ1) is 8.26. The number of rotatable bonds is 3. The fourth-order valence-electron chi connectivity index (χ4n) is 1.58. The summed E-state index contributed by atoms with van der Waals surface area (Å²) in [5.74, 6) is 0.735. The van der Waals surface area contributed by atoms with E-state index in [0.29, 0.717) is 17.4 Å². The van der Waals surface area contributed by atoms with Crippen LogP contribution in [-0.4, -0.2) is 17.1 Å². The largest absolute Gasteiger partial charge is 0.497 e. The molecule has 88 valence electrons. The standard InChI is InChI=1S/C12H12ClN3O/c1-17-9-3-2-8(7-14)10(6-9)11-12(13)16-5-4-15-11/h2-6H,7,14H2,1H3. The Morgan fingerprint density at radius 2 is 2.06 bits per heavy atom. The summed E-state index contributed by atoms with van der Waals surface area (Å²) in [6.45, 7) is 0.409. The van der Waals surface area contributed by atoms with E-state index in [1.165, 1.54) is 0 Å². The maximum atomic E-state index is 6.03. The fraction of sp³-hybridized carbons (Fsp3) is 0.167. The zero-order valence-electron chi connectivity index (χ0n) is 9.35. The van der Waals surface area contributed by atoms with Crippen molar-refractivity contribution in [1.29, 1.82) is 0 Å². The highest BCUT2D eigenvalue weighted by molar-refractivity contribution is 6.31. The first-order valence-corrected chi connectivity index (χ1v) is 5.48. The number of nitrogens with two attached hydrogens (primary N) is 1. The van der Waals surface area contributed by atoms with Gasteiger partial charge in [-0.1, -0.05) is 17.7 Å². The minimum atomic E-state index is 0.357. The molecule has 0 aliphatic carbocycles. The third-order valence-electron chi connectivity index (χ3n) is 2.45. The quantitative estimate of drug-likeness (QED) is 0.907. The predicted octanol–water partition coefficient (Wildman–Crippen LogP) is 2.26. The predicted molar refractivity (Wildman–Crippen MR) is 66.9 cm³/mol. The van der Waals surface area contributed by atoms with Gasteiger partial charge in [0.15, 0.2) is 5.15 Å². The van der Waals surface area contributed by atoms with Crippen LogP contribution in [0.1, 0.15) is 5.56 Å². The van der Waals surface area contributed by atoms with Crippen LogP contribution >= 0.6 is 11.6 Å². The smallest absolute Gasteiger partial charge is 0.155 e. The molecule has 5 heteroatoms. The van der Waals surface area contributed by atoms with Gasteiger partial charge in [-0.05, 0) is 17.7 Å². The molecule has 0 saturated heterocycles. The molecule has 0 aliphatic rings. The first-order valence-electron chi connectivity index (χ1n) is 5.10. The summed E-state index contributed by atoms with van der Waals surface area (Å²) < 4.78 is 5.18. The highest BCUT2D eigenvalue weighted by Gasteiger charge is 2.11. The van der Waals surface area contributed by atoms with Crippen LogP contribution in [0.2, 0.25) is 5.15 Å². The van der Waals surface area contributed by atoms with Crippen LogP contribution in [0, 0.1) is 0 Å². The van der Waals surface area contributed by atoms with E-state index in [1.807, 2.05) is 18.2 Å². The molecule has 0 saturated carbocycles. The molecule has 1 aromatic heterocycles. The lowest BCUT2D eigenvalue weighted by Gasteiger charge is -2.10. The summed E-state index contributed by atoms with van der Waals surface area (Å²) in [5.41, 5.74) is 8.12. The average molecular weight is 250 g/mol. The summed E-state index contributed by atoms with van der Waals surface area (Å²) in [7, 11) is 1.61. The van der Waals surface area contributed by atoms with Gasteiger partial charge in [0.05, 0.1) is 7.11 Å². The second-order valence-corrected chi connectivity index (χ2v) is 3.78. The Bertz CT molecular complexity index is 531. The second-order valence-electron chi connectivity index (χ2n) is 3.42. The van der Waals surface area contributed by atoms with Gasteiger partial charge in [0, 0.05) is 24.5 Å². The number of hydrogen-bond acceptors (Lipinski definition) is 4. The minimum absolute atomic E-state index is 0.357. The van der Waals surface area contributed by atoms with Crippen molar-refractivity contribution in [3.8, 4) is 17.0 Å². The van der Waals surface area contributed by atoms with E-state index in [0.717, 1.165) is 16.9 Å². The Hall–Kier alpha value is -1.65. The molecule has 0 bridgehead atoms. The van der Waals surface area contributed by atoms with Gasteiger partial charge < -0.3 is 10.5 Å². The fourth-order valence-corrected chi connectivity index (χ4v) is 1.79. The third-order valence-corrected chi connectivity index (χ3v) is 2.72. The van der Waals surface area contributed by atoms with Gasteiger partial charge in [-0.15, -0.1) is 0 Å². The van der Waals surface area contributed by atoms with E-state index >= 15 is 0 Å². The molecule has 0 fully saturated rings. The van der Waals surface area contributed by atoms with Crippen molar-refractivity contribution in [3.05, 3.63) is 41.3 Å². The van der Waals surface area contributed by atoms with E-state index in [2.05, 4.69) is 9.97 Å². The van der Waals surface area contributed by atoms with Crippen LogP contribution < -0.4 is 10.5 Å². The SMILES string of the molecule is COc1ccc(CN)c(-c2nccnc2Cl)c1. The molecule has 2 N–H and O–H groups in total. The molecule has 0 radical (unpaired) electrons. The molecule has 0 aliphatic heterocycles. The maximum Gasteiger partial charge on any atom is 0.155 e. The Morgan fingerprint density at radius 1 is 1.29 bits per heavy atom. The van der Waals surface area contributed by atoms with Crippen LogP contribution in [0.3, 0.4) is 0 Å². The molecule has 0 spiro atoms. The van der Waals surface area contributed by atoms with E-state index in [4.69, 9.17) is 22.1 Å². The minimum Gasteiger partial charge on any atom is -0.497 e. The Balaban J connectivity index is 2.60. The van der Waals surface area contributed by atoms with Crippen LogP contribution in [0.5, 0.6) is 5.75 Å². The van der Waals surface area contributed by atoms with Gasteiger partial charge in [-0.25, -0.2) is 4.98 Å². The van der Waals surface area contributed by atoms with Crippen molar-refractivity contribution in [3.63, 3.8) is 0 Å². The van der Waals surface area contributed by atoms with Crippen LogP contribution in [-0.2, 0) is 6.54 Å². The van der Waals surface area contributed by atoms with Gasteiger partial charge in [-0.2, -0.15) is 0 Å². The monoisotopic (exact) mass is 249 g/mol. The number of halogens is 1. The van der Waals surface area contributed by atoms with Gasteiger partial charge >= 0.3 is 0 Å². The highest BCUT2D eigenvalue weighted by atomic mass is 35.5. The average Bonchev–Trinajstić information content (AvgIpc) is 2.38. The zero-order valence-corrected chi connectivity index (χ0v) is 10.1. The lowest BCUT2D eigenvalue weighted by molar-refractivity contribution is 0.415. The Kier molecular flexibility index (Phi) is 3.56. The van der Waals surface area contributed by atoms with Crippen molar-refractivity contribution in [1.82, 2.24) is 9.97 Å². The molecule has 1 aromatic carbocycles. The number of aromatic nitrogens is 2. The van der Waals surface area contributed by atoms with Gasteiger partial charge in [0.2, 0.25) is 0 Å². The molecule has 0 amide bonds. The van der Waals surface area contributed by atoms with E-state index in [1.54, 1.807) is 19.5 Å². The number of ether oxygens (including phenoxy) is 1. The van der Waals surface area contributed by atoms with Crippen molar-refractivity contribution in [2.24, 2.45) is 5.73 Å². The van der Waals surface area contributed by atoms with Crippen LogP contribution in [0.4, 0.5) is 0 Å². The molecule has 1 heterocycles. The molecule has 0 unspecified atom stereocenters. The number of methoxy groups -OCH3 is 1. The van der Waals surface area contributed by atoms with Crippen LogP contribution in [0.25, 0.3) is 11.3 Å². The lowest BCUT2D eigenvalue weighted by atomic mass is 10.0. The summed E-state index contributed by atoms with van der Waals surface area (Å²) in [4.78, 5) is 8.23. The van der Waals surface area contributed by atoms with Gasteiger partial charge in [-0.3, -0.25) is 4.98 Å². The number of benzene rings is 1. The first kappa shape index (κ1) is 11.8. The molecule has 4 nitrogen and oxygen atoms in total. The molecule has 2 rings (SSSR count). The van der Waals surface area contributed by atoms with Crippen molar-refractivity contribution in [2.45, 2.75) is 6.54 Å². The molecular formula is C12H12ClN3O. The molecule has 17 heavy (non-hydrogen) atoms. The Morgan fingerprint density at radius 3 is 2.71 bits per heavy atom. The Labute approximate surface area is 104 Å². The van der Waals surface area contributed by atoms with E-state index < -0.39 is 0 Å². The van der Waals surface area contributed by atoms with E-state index in [9.17, 15) is 0 Å². The lowest BCUT2D eigenvalue weighted by Crippen LogP contribution is -2.01. The second kappa shape index (κ2) is 5.12. The van der Waals surface area contributed by atoms with Crippen molar-refractivity contribution in [2.75, 3.05) is 7.11 Å². The summed E-state index contributed by atoms with van der Waals surface area (Å²) >= 11 is 6.03. The van der Waals surface area contributed by atoms with Gasteiger partial charge in [0.25, 0.3) is 0 Å². The zero-order chi connectivity index (χ0) is 12.3. The van der Waals surface area contributed by atoms with E-state index in [-0.39, 0.29) is 0 Å². The van der Waals surface area contributed by atoms with Gasteiger partial charge in [0.1, 0.15) is 11.4 Å². The molecule has 0 atom stereocenters. The molecular weight excluding hydrogens is 238 g/mol. The van der Waals surface area contributed by atoms with Crippen LogP contribution in [0.15, 0.2) is 30.6 Å². The van der Waals surface area contributed by atoms with Crippen molar-refractivity contribution < 1.29 is 4.74 Å². The summed E-state index contributed by atoms with van der Waals surface area (Å²) in [5, 5.41) is 0.357. The molecule has 2 aromatic rings. The van der Waals surface area contributed by atoms with Crippen molar-refractivity contribution >= 4 is 11.6 Å². The summed E-state index contributed by atoms with van der Waals surface area (Å²) in [6, 6.07) is 5.62. The topological polar surface area (TPSA) is 61.0 Å². The summed E-state index contributed by atoms with van der Waals surface area (Å²) in [6.07, 6.45) is 3.15. The highest BCUT2D eigenvalue weighted by Crippen LogP contribution is 2.29. The number of nitrogens with zero attached hydrogens (tertiary/aromatic N) is 2. The number of hydrogen-bond donors (Lipinski definition) is 1. The maximum absolute atomic E-state index is 6.03.